The van der Waals surface area contributed by atoms with Crippen LogP contribution in [0.2, 0.25) is 0 Å². The van der Waals surface area contributed by atoms with Crippen LogP contribution in [0.15, 0.2) is 54.6 Å². The first-order valence-electron chi connectivity index (χ1n) is 9.81. The van der Waals surface area contributed by atoms with Gasteiger partial charge >= 0.3 is 0 Å². The maximum atomic E-state index is 13.0. The summed E-state index contributed by atoms with van der Waals surface area (Å²) >= 11 is 0. The van der Waals surface area contributed by atoms with E-state index in [2.05, 4.69) is 19.1 Å². The topological polar surface area (TPSA) is 63.7 Å². The molecule has 0 unspecified atom stereocenters. The van der Waals surface area contributed by atoms with E-state index in [0.29, 0.717) is 13.0 Å². The normalized spacial score (nSPS) is 18.1. The van der Waals surface area contributed by atoms with Crippen molar-refractivity contribution < 1.29 is 17.9 Å². The Hall–Kier alpha value is -2.60. The van der Waals surface area contributed by atoms with Gasteiger partial charge in [-0.25, -0.2) is 8.42 Å². The van der Waals surface area contributed by atoms with Gasteiger partial charge in [0.25, 0.3) is 0 Å². The lowest BCUT2D eigenvalue weighted by atomic mass is 10.1. The second-order valence-electron chi connectivity index (χ2n) is 7.30. The zero-order valence-corrected chi connectivity index (χ0v) is 17.7. The molecule has 1 atom stereocenters. The van der Waals surface area contributed by atoms with Crippen LogP contribution >= 0.6 is 0 Å². The molecule has 1 heterocycles. The van der Waals surface area contributed by atoms with Gasteiger partial charge in [0.1, 0.15) is 5.75 Å². The Labute approximate surface area is 172 Å². The van der Waals surface area contributed by atoms with Crippen molar-refractivity contribution >= 4 is 21.8 Å². The first kappa shape index (κ1) is 21.1. The number of carbonyl (C=O) groups excluding carboxylic acids is 1. The van der Waals surface area contributed by atoms with Crippen molar-refractivity contribution in [3.8, 4) is 5.75 Å². The first-order chi connectivity index (χ1) is 13.9. The van der Waals surface area contributed by atoms with Crippen molar-refractivity contribution in [2.24, 2.45) is 0 Å². The van der Waals surface area contributed by atoms with E-state index in [0.717, 1.165) is 23.3 Å². The molecule has 2 aromatic rings. The van der Waals surface area contributed by atoms with Crippen molar-refractivity contribution in [2.45, 2.75) is 32.4 Å². The molecule has 0 radical (unpaired) electrons. The molecule has 0 spiro atoms. The second-order valence-corrected chi connectivity index (χ2v) is 9.53. The molecule has 3 rings (SSSR count). The van der Waals surface area contributed by atoms with Crippen molar-refractivity contribution in [1.29, 1.82) is 0 Å². The number of ether oxygens (including phenoxy) is 1. The van der Waals surface area contributed by atoms with Crippen molar-refractivity contribution in [3.63, 3.8) is 0 Å². The third kappa shape index (κ3) is 5.70. The Balaban J connectivity index is 1.78. The SMILES string of the molecule is CCc1ccc(CN(C(=O)/C=C/c2ccc(OC)cc2)[C@H]2CCS(=O)(=O)C2)cc1. The molecule has 1 aliphatic heterocycles. The number of methoxy groups -OCH3 is 1. The van der Waals surface area contributed by atoms with Gasteiger partial charge in [-0.15, -0.1) is 0 Å². The predicted octanol–water partition coefficient (Wildman–Crippen LogP) is 3.49. The van der Waals surface area contributed by atoms with Crippen molar-refractivity contribution in [3.05, 3.63) is 71.3 Å². The van der Waals surface area contributed by atoms with E-state index in [1.807, 2.05) is 36.4 Å². The standard InChI is InChI=1S/C23H27NO4S/c1-3-18-4-6-20(7-5-18)16-24(21-14-15-29(26,27)17-21)23(25)13-10-19-8-11-22(28-2)12-9-19/h4-13,21H,3,14-17H2,1-2H3/b13-10+/t21-/m0/s1. The Bertz CT molecular complexity index is 963. The second kappa shape index (κ2) is 9.27. The molecular weight excluding hydrogens is 386 g/mol. The van der Waals surface area contributed by atoms with Gasteiger partial charge in [0.05, 0.1) is 18.6 Å². The minimum Gasteiger partial charge on any atom is -0.497 e. The summed E-state index contributed by atoms with van der Waals surface area (Å²) in [6.45, 7) is 2.49. The van der Waals surface area contributed by atoms with Crippen LogP contribution in [0.3, 0.4) is 0 Å². The van der Waals surface area contributed by atoms with Crippen LogP contribution in [0.1, 0.15) is 30.0 Å². The van der Waals surface area contributed by atoms with E-state index in [1.54, 1.807) is 18.1 Å². The van der Waals surface area contributed by atoms with Gasteiger partial charge in [-0.1, -0.05) is 43.3 Å². The number of hydrogen-bond donors (Lipinski definition) is 0. The van der Waals surface area contributed by atoms with Crippen LogP contribution < -0.4 is 4.74 Å². The Kier molecular flexibility index (Phi) is 6.75. The summed E-state index contributed by atoms with van der Waals surface area (Å²) in [4.78, 5) is 14.7. The average Bonchev–Trinajstić information content (AvgIpc) is 3.10. The van der Waals surface area contributed by atoms with Crippen LogP contribution in [0.25, 0.3) is 6.08 Å². The summed E-state index contributed by atoms with van der Waals surface area (Å²) in [5, 5.41) is 0. The van der Waals surface area contributed by atoms with Crippen LogP contribution in [-0.2, 0) is 27.6 Å². The third-order valence-electron chi connectivity index (χ3n) is 5.25. The Morgan fingerprint density at radius 1 is 1.10 bits per heavy atom. The fourth-order valence-electron chi connectivity index (χ4n) is 3.46. The van der Waals surface area contributed by atoms with Crippen molar-refractivity contribution in [1.82, 2.24) is 4.90 Å². The number of amides is 1. The van der Waals surface area contributed by atoms with Gasteiger partial charge in [-0.05, 0) is 47.7 Å². The minimum atomic E-state index is -3.08. The van der Waals surface area contributed by atoms with E-state index in [1.165, 1.54) is 11.6 Å². The lowest BCUT2D eigenvalue weighted by molar-refractivity contribution is -0.128. The molecule has 1 fully saturated rings. The smallest absolute Gasteiger partial charge is 0.247 e. The molecule has 6 heteroatoms. The van der Waals surface area contributed by atoms with Crippen LogP contribution in [-0.4, -0.2) is 43.9 Å². The van der Waals surface area contributed by atoms with Gasteiger partial charge in [0.2, 0.25) is 5.91 Å². The number of carbonyl (C=O) groups is 1. The molecule has 29 heavy (non-hydrogen) atoms. The molecule has 1 aliphatic rings. The van der Waals surface area contributed by atoms with Gasteiger partial charge in [0.15, 0.2) is 9.84 Å². The summed E-state index contributed by atoms with van der Waals surface area (Å²) in [5.74, 6) is 0.741. The highest BCUT2D eigenvalue weighted by atomic mass is 32.2. The maximum Gasteiger partial charge on any atom is 0.247 e. The van der Waals surface area contributed by atoms with Gasteiger partial charge in [0, 0.05) is 18.7 Å². The van der Waals surface area contributed by atoms with E-state index in [9.17, 15) is 13.2 Å². The summed E-state index contributed by atoms with van der Waals surface area (Å²) in [7, 11) is -1.48. The summed E-state index contributed by atoms with van der Waals surface area (Å²) < 4.78 is 29.1. The molecular formula is C23H27NO4S. The van der Waals surface area contributed by atoms with Gasteiger partial charge in [-0.2, -0.15) is 0 Å². The lowest BCUT2D eigenvalue weighted by Crippen LogP contribution is -2.39. The summed E-state index contributed by atoms with van der Waals surface area (Å²) in [6.07, 6.45) is 4.71. The first-order valence-corrected chi connectivity index (χ1v) is 11.6. The van der Waals surface area contributed by atoms with E-state index < -0.39 is 9.84 Å². The molecule has 0 aliphatic carbocycles. The van der Waals surface area contributed by atoms with E-state index >= 15 is 0 Å². The minimum absolute atomic E-state index is 0.0299. The Morgan fingerprint density at radius 3 is 2.31 bits per heavy atom. The van der Waals surface area contributed by atoms with Crippen LogP contribution in [0.5, 0.6) is 5.75 Å². The maximum absolute atomic E-state index is 13.0. The third-order valence-corrected chi connectivity index (χ3v) is 7.00. The highest BCUT2D eigenvalue weighted by molar-refractivity contribution is 7.91. The molecule has 5 nitrogen and oxygen atoms in total. The fourth-order valence-corrected chi connectivity index (χ4v) is 5.19. The molecule has 0 saturated carbocycles. The van der Waals surface area contributed by atoms with E-state index in [-0.39, 0.29) is 23.5 Å². The largest absolute Gasteiger partial charge is 0.497 e. The molecule has 2 aromatic carbocycles. The fraction of sp³-hybridized carbons (Fsp3) is 0.348. The zero-order chi connectivity index (χ0) is 20.9. The number of aryl methyl sites for hydroxylation is 1. The molecule has 1 saturated heterocycles. The molecule has 0 aromatic heterocycles. The summed E-state index contributed by atoms with van der Waals surface area (Å²) in [6, 6.07) is 15.2. The average molecular weight is 414 g/mol. The number of rotatable bonds is 7. The number of benzene rings is 2. The quantitative estimate of drug-likeness (QED) is 0.652. The summed E-state index contributed by atoms with van der Waals surface area (Å²) in [5.41, 5.74) is 3.11. The lowest BCUT2D eigenvalue weighted by Gasteiger charge is -2.27. The predicted molar refractivity (Wildman–Crippen MR) is 115 cm³/mol. The van der Waals surface area contributed by atoms with E-state index in [4.69, 9.17) is 4.74 Å². The van der Waals surface area contributed by atoms with Crippen LogP contribution in [0, 0.1) is 0 Å². The monoisotopic (exact) mass is 413 g/mol. The van der Waals surface area contributed by atoms with Crippen LogP contribution in [0.4, 0.5) is 0 Å². The number of hydrogen-bond acceptors (Lipinski definition) is 4. The molecule has 154 valence electrons. The van der Waals surface area contributed by atoms with Gasteiger partial charge < -0.3 is 9.64 Å². The molecule has 0 N–H and O–H groups in total. The highest BCUT2D eigenvalue weighted by Crippen LogP contribution is 2.21. The van der Waals surface area contributed by atoms with Gasteiger partial charge in [-0.3, -0.25) is 4.79 Å². The molecule has 1 amide bonds. The highest BCUT2D eigenvalue weighted by Gasteiger charge is 2.34. The van der Waals surface area contributed by atoms with Crippen molar-refractivity contribution in [2.75, 3.05) is 18.6 Å². The number of nitrogens with zero attached hydrogens (tertiary/aromatic N) is 1. The molecule has 0 bridgehead atoms. The zero-order valence-electron chi connectivity index (χ0n) is 16.9. The Morgan fingerprint density at radius 2 is 1.76 bits per heavy atom. The number of sulfone groups is 1.